The molecule has 2 heteroatoms. The number of benzene rings is 1. The predicted octanol–water partition coefficient (Wildman–Crippen LogP) is 2.58. The van der Waals surface area contributed by atoms with Gasteiger partial charge in [0.25, 0.3) is 0 Å². The van der Waals surface area contributed by atoms with Gasteiger partial charge in [-0.1, -0.05) is 26.0 Å². The first-order valence-corrected chi connectivity index (χ1v) is 5.50. The summed E-state index contributed by atoms with van der Waals surface area (Å²) in [6.45, 7) is 5.38. The van der Waals surface area contributed by atoms with Gasteiger partial charge in [-0.2, -0.15) is 0 Å². The van der Waals surface area contributed by atoms with Crippen LogP contribution < -0.4 is 10.1 Å². The van der Waals surface area contributed by atoms with Gasteiger partial charge in [0.2, 0.25) is 0 Å². The third kappa shape index (κ3) is 3.24. The van der Waals surface area contributed by atoms with Crippen molar-refractivity contribution in [2.75, 3.05) is 20.7 Å². The normalized spacial score (nSPS) is 10.7. The maximum Gasteiger partial charge on any atom is 0.122 e. The van der Waals surface area contributed by atoms with Crippen molar-refractivity contribution in [2.45, 2.75) is 26.2 Å². The lowest BCUT2D eigenvalue weighted by Crippen LogP contribution is -2.11. The van der Waals surface area contributed by atoms with E-state index in [2.05, 4.69) is 37.4 Å². The fraction of sp³-hybridized carbons (Fsp3) is 0.538. The number of nitrogens with one attached hydrogen (secondary N) is 1. The quantitative estimate of drug-likeness (QED) is 0.801. The highest BCUT2D eigenvalue weighted by Crippen LogP contribution is 2.24. The van der Waals surface area contributed by atoms with Crippen LogP contribution in [0.4, 0.5) is 0 Å². The van der Waals surface area contributed by atoms with Crippen LogP contribution in [0.25, 0.3) is 0 Å². The molecule has 1 N–H and O–H groups in total. The topological polar surface area (TPSA) is 21.3 Å². The van der Waals surface area contributed by atoms with E-state index in [-0.39, 0.29) is 0 Å². The molecule has 84 valence electrons. The highest BCUT2D eigenvalue weighted by atomic mass is 16.5. The summed E-state index contributed by atoms with van der Waals surface area (Å²) in [6, 6.07) is 6.51. The molecule has 15 heavy (non-hydrogen) atoms. The van der Waals surface area contributed by atoms with E-state index in [0.717, 1.165) is 18.7 Å². The van der Waals surface area contributed by atoms with E-state index in [9.17, 15) is 0 Å². The van der Waals surface area contributed by atoms with Gasteiger partial charge < -0.3 is 10.1 Å². The third-order valence-electron chi connectivity index (χ3n) is 2.62. The molecule has 0 aromatic heterocycles. The van der Waals surface area contributed by atoms with Crippen molar-refractivity contribution in [2.24, 2.45) is 0 Å². The van der Waals surface area contributed by atoms with E-state index in [4.69, 9.17) is 4.74 Å². The zero-order valence-corrected chi connectivity index (χ0v) is 10.1. The largest absolute Gasteiger partial charge is 0.496 e. The van der Waals surface area contributed by atoms with Crippen LogP contribution in [0.3, 0.4) is 0 Å². The zero-order valence-electron chi connectivity index (χ0n) is 10.1. The number of hydrogen-bond donors (Lipinski definition) is 1. The minimum atomic E-state index is 0.553. The molecule has 1 aromatic carbocycles. The van der Waals surface area contributed by atoms with Crippen LogP contribution in [0.5, 0.6) is 5.75 Å². The molecule has 0 saturated carbocycles. The van der Waals surface area contributed by atoms with Crippen LogP contribution >= 0.6 is 0 Å². The van der Waals surface area contributed by atoms with Gasteiger partial charge >= 0.3 is 0 Å². The Bertz CT molecular complexity index is 307. The molecule has 0 aliphatic rings. The van der Waals surface area contributed by atoms with E-state index in [1.807, 2.05) is 7.05 Å². The van der Waals surface area contributed by atoms with Crippen molar-refractivity contribution >= 4 is 0 Å². The van der Waals surface area contributed by atoms with Crippen molar-refractivity contribution in [3.05, 3.63) is 29.3 Å². The first-order valence-electron chi connectivity index (χ1n) is 5.50. The summed E-state index contributed by atoms with van der Waals surface area (Å²) < 4.78 is 5.41. The lowest BCUT2D eigenvalue weighted by atomic mass is 10.00. The molecular weight excluding hydrogens is 186 g/mol. The highest BCUT2D eigenvalue weighted by Gasteiger charge is 2.06. The Morgan fingerprint density at radius 1 is 1.33 bits per heavy atom. The van der Waals surface area contributed by atoms with E-state index >= 15 is 0 Å². The molecule has 0 fully saturated rings. The summed E-state index contributed by atoms with van der Waals surface area (Å²) in [5.74, 6) is 1.56. The summed E-state index contributed by atoms with van der Waals surface area (Å²) in [5, 5.41) is 3.15. The first kappa shape index (κ1) is 12.1. The van der Waals surface area contributed by atoms with Gasteiger partial charge in [0.05, 0.1) is 7.11 Å². The van der Waals surface area contributed by atoms with E-state index in [0.29, 0.717) is 5.92 Å². The average Bonchev–Trinajstić information content (AvgIpc) is 2.25. The van der Waals surface area contributed by atoms with Gasteiger partial charge in [-0.05, 0) is 43.1 Å². The lowest BCUT2D eigenvalue weighted by molar-refractivity contribution is 0.408. The van der Waals surface area contributed by atoms with Crippen molar-refractivity contribution in [3.63, 3.8) is 0 Å². The second kappa shape index (κ2) is 5.76. The molecule has 0 atom stereocenters. The fourth-order valence-corrected chi connectivity index (χ4v) is 1.59. The molecule has 0 bridgehead atoms. The Labute approximate surface area is 92.6 Å². The van der Waals surface area contributed by atoms with E-state index in [1.54, 1.807) is 7.11 Å². The zero-order chi connectivity index (χ0) is 11.3. The van der Waals surface area contributed by atoms with Crippen molar-refractivity contribution in [1.82, 2.24) is 5.32 Å². The summed E-state index contributed by atoms with van der Waals surface area (Å²) in [4.78, 5) is 0. The van der Waals surface area contributed by atoms with Gasteiger partial charge in [-0.3, -0.25) is 0 Å². The molecule has 0 unspecified atom stereocenters. The third-order valence-corrected chi connectivity index (χ3v) is 2.62. The molecule has 0 aliphatic carbocycles. The number of likely N-dealkylation sites (N-methyl/N-ethyl adjacent to an activating group) is 1. The predicted molar refractivity (Wildman–Crippen MR) is 64.7 cm³/mol. The van der Waals surface area contributed by atoms with Crippen LogP contribution in [-0.2, 0) is 6.42 Å². The Kier molecular flexibility index (Phi) is 4.63. The Morgan fingerprint density at radius 2 is 2.07 bits per heavy atom. The number of rotatable bonds is 5. The summed E-state index contributed by atoms with van der Waals surface area (Å²) in [6.07, 6.45) is 1.01. The minimum absolute atomic E-state index is 0.553. The van der Waals surface area contributed by atoms with Crippen LogP contribution in [-0.4, -0.2) is 20.7 Å². The summed E-state index contributed by atoms with van der Waals surface area (Å²) in [7, 11) is 3.71. The van der Waals surface area contributed by atoms with Crippen LogP contribution in [0.1, 0.15) is 30.9 Å². The lowest BCUT2D eigenvalue weighted by Gasteiger charge is -2.12. The highest BCUT2D eigenvalue weighted by molar-refractivity contribution is 5.38. The fourth-order valence-electron chi connectivity index (χ4n) is 1.59. The molecule has 2 nitrogen and oxygen atoms in total. The molecule has 0 saturated heterocycles. The van der Waals surface area contributed by atoms with Crippen molar-refractivity contribution < 1.29 is 4.74 Å². The van der Waals surface area contributed by atoms with Gasteiger partial charge in [0.1, 0.15) is 5.75 Å². The molecular formula is C13H21NO. The SMILES string of the molecule is CNCCc1ccc(C(C)C)cc1OC. The Morgan fingerprint density at radius 3 is 2.60 bits per heavy atom. The second-order valence-electron chi connectivity index (χ2n) is 4.08. The van der Waals surface area contributed by atoms with Crippen LogP contribution in [0, 0.1) is 0 Å². The molecule has 0 aliphatic heterocycles. The summed E-state index contributed by atoms with van der Waals surface area (Å²) in [5.41, 5.74) is 2.61. The first-order chi connectivity index (χ1) is 7.19. The number of hydrogen-bond acceptors (Lipinski definition) is 2. The van der Waals surface area contributed by atoms with Crippen molar-refractivity contribution in [1.29, 1.82) is 0 Å². The van der Waals surface area contributed by atoms with Crippen LogP contribution in [0.2, 0.25) is 0 Å². The summed E-state index contributed by atoms with van der Waals surface area (Å²) >= 11 is 0. The molecule has 0 amide bonds. The number of ether oxygens (including phenoxy) is 1. The van der Waals surface area contributed by atoms with Crippen molar-refractivity contribution in [3.8, 4) is 5.75 Å². The second-order valence-corrected chi connectivity index (χ2v) is 4.08. The van der Waals surface area contributed by atoms with Crippen LogP contribution in [0.15, 0.2) is 18.2 Å². The van der Waals surface area contributed by atoms with Gasteiger partial charge in [-0.25, -0.2) is 0 Å². The van der Waals surface area contributed by atoms with Gasteiger partial charge in [0.15, 0.2) is 0 Å². The Hall–Kier alpha value is -1.02. The molecule has 1 aromatic rings. The number of methoxy groups -OCH3 is 1. The van der Waals surface area contributed by atoms with E-state index in [1.165, 1.54) is 11.1 Å². The van der Waals surface area contributed by atoms with Gasteiger partial charge in [-0.15, -0.1) is 0 Å². The molecule has 0 spiro atoms. The molecule has 1 rings (SSSR count). The minimum Gasteiger partial charge on any atom is -0.496 e. The van der Waals surface area contributed by atoms with Gasteiger partial charge in [0, 0.05) is 0 Å². The monoisotopic (exact) mass is 207 g/mol. The molecule has 0 heterocycles. The standard InChI is InChI=1S/C13H21NO/c1-10(2)12-6-5-11(7-8-14-3)13(9-12)15-4/h5-6,9-10,14H,7-8H2,1-4H3. The average molecular weight is 207 g/mol. The Balaban J connectivity index is 2.88. The van der Waals surface area contributed by atoms with E-state index < -0.39 is 0 Å². The smallest absolute Gasteiger partial charge is 0.122 e. The molecule has 0 radical (unpaired) electrons. The maximum absolute atomic E-state index is 5.41. The maximum atomic E-state index is 5.41.